The van der Waals surface area contributed by atoms with Gasteiger partial charge in [-0.15, -0.1) is 0 Å². The Balaban J connectivity index is 1.70. The second-order valence-electron chi connectivity index (χ2n) is 6.73. The van der Waals surface area contributed by atoms with Crippen molar-refractivity contribution in [2.75, 3.05) is 19.6 Å². The molecule has 1 aliphatic heterocycles. The van der Waals surface area contributed by atoms with E-state index in [1.807, 2.05) is 16.8 Å². The molecule has 2 atom stereocenters. The fourth-order valence-corrected chi connectivity index (χ4v) is 3.36. The van der Waals surface area contributed by atoms with E-state index < -0.39 is 0 Å². The van der Waals surface area contributed by atoms with Gasteiger partial charge in [0.25, 0.3) is 0 Å². The summed E-state index contributed by atoms with van der Waals surface area (Å²) >= 11 is 3.47. The van der Waals surface area contributed by atoms with Crippen molar-refractivity contribution < 1.29 is 5.11 Å². The van der Waals surface area contributed by atoms with Crippen LogP contribution in [0.1, 0.15) is 31.0 Å². The highest BCUT2D eigenvalue weighted by atomic mass is 79.9. The zero-order valence-corrected chi connectivity index (χ0v) is 15.8. The zero-order valence-electron chi connectivity index (χ0n) is 14.2. The van der Waals surface area contributed by atoms with Gasteiger partial charge in [0.1, 0.15) is 0 Å². The Hall–Kier alpha value is -1.21. The Kier molecular flexibility index (Phi) is 5.71. The molecule has 3 N–H and O–H groups in total. The predicted molar refractivity (Wildman–Crippen MR) is 99.4 cm³/mol. The minimum absolute atomic E-state index is 0.243. The standard InChI is InChI=1S/C18H25BrN4O/c1-12(2)18-14(9-20-7-13-8-21-10-17(13)24)11-23(22-18)16-5-3-15(19)4-6-16/h3-6,11-13,17,20-21,24H,7-10H2,1-2H3. The maximum Gasteiger partial charge on any atom is 0.0716 e. The molecule has 1 fully saturated rings. The monoisotopic (exact) mass is 392 g/mol. The fourth-order valence-electron chi connectivity index (χ4n) is 3.09. The van der Waals surface area contributed by atoms with Gasteiger partial charge in [0.15, 0.2) is 0 Å². The van der Waals surface area contributed by atoms with E-state index in [2.05, 4.69) is 58.7 Å². The maximum atomic E-state index is 9.88. The summed E-state index contributed by atoms with van der Waals surface area (Å²) in [7, 11) is 0. The molecule has 3 rings (SSSR count). The summed E-state index contributed by atoms with van der Waals surface area (Å²) < 4.78 is 3.01. The second kappa shape index (κ2) is 7.78. The minimum Gasteiger partial charge on any atom is -0.391 e. The Bertz CT molecular complexity index is 668. The average molecular weight is 393 g/mol. The number of hydrogen-bond acceptors (Lipinski definition) is 4. The van der Waals surface area contributed by atoms with Gasteiger partial charge in [-0.05, 0) is 30.2 Å². The first kappa shape index (κ1) is 17.6. The summed E-state index contributed by atoms with van der Waals surface area (Å²) in [6.07, 6.45) is 1.86. The normalized spacial score (nSPS) is 20.9. The molecular formula is C18H25BrN4O. The van der Waals surface area contributed by atoms with E-state index in [1.54, 1.807) is 0 Å². The third-order valence-electron chi connectivity index (χ3n) is 4.49. The van der Waals surface area contributed by atoms with Crippen LogP contribution in [0.2, 0.25) is 0 Å². The lowest BCUT2D eigenvalue weighted by molar-refractivity contribution is 0.146. The molecule has 0 aliphatic carbocycles. The quantitative estimate of drug-likeness (QED) is 0.706. The van der Waals surface area contributed by atoms with Crippen LogP contribution >= 0.6 is 15.9 Å². The molecule has 5 nitrogen and oxygen atoms in total. The van der Waals surface area contributed by atoms with Crippen LogP contribution in [0.4, 0.5) is 0 Å². The Morgan fingerprint density at radius 1 is 1.33 bits per heavy atom. The first-order chi connectivity index (χ1) is 11.5. The van der Waals surface area contributed by atoms with Crippen LogP contribution in [-0.4, -0.2) is 40.6 Å². The number of hydrogen-bond donors (Lipinski definition) is 3. The summed E-state index contributed by atoms with van der Waals surface area (Å²) in [6, 6.07) is 8.16. The molecule has 2 unspecified atom stereocenters. The van der Waals surface area contributed by atoms with Crippen LogP contribution in [0.3, 0.4) is 0 Å². The molecule has 0 amide bonds. The molecule has 6 heteroatoms. The highest BCUT2D eigenvalue weighted by Crippen LogP contribution is 2.21. The Labute approximate surface area is 151 Å². The molecule has 2 heterocycles. The number of nitrogens with one attached hydrogen (secondary N) is 2. The predicted octanol–water partition coefficient (Wildman–Crippen LogP) is 2.43. The van der Waals surface area contributed by atoms with E-state index in [1.165, 1.54) is 5.56 Å². The van der Waals surface area contributed by atoms with Crippen LogP contribution in [0.15, 0.2) is 34.9 Å². The van der Waals surface area contributed by atoms with Crippen molar-refractivity contribution >= 4 is 15.9 Å². The molecule has 0 saturated carbocycles. The summed E-state index contributed by atoms with van der Waals surface area (Å²) in [5, 5.41) is 21.4. The number of benzene rings is 1. The van der Waals surface area contributed by atoms with Crippen LogP contribution in [-0.2, 0) is 6.54 Å². The fraction of sp³-hybridized carbons (Fsp3) is 0.500. The van der Waals surface area contributed by atoms with Crippen molar-refractivity contribution in [2.45, 2.75) is 32.4 Å². The molecule has 1 aromatic heterocycles. The van der Waals surface area contributed by atoms with Crippen LogP contribution in [0.5, 0.6) is 0 Å². The SMILES string of the molecule is CC(C)c1nn(-c2ccc(Br)cc2)cc1CNCC1CNCC1O. The summed E-state index contributed by atoms with van der Waals surface area (Å²) in [5.41, 5.74) is 3.39. The van der Waals surface area contributed by atoms with Crippen LogP contribution in [0, 0.1) is 5.92 Å². The molecule has 0 radical (unpaired) electrons. The van der Waals surface area contributed by atoms with Gasteiger partial charge in [0.05, 0.1) is 17.5 Å². The van der Waals surface area contributed by atoms with Gasteiger partial charge < -0.3 is 15.7 Å². The van der Waals surface area contributed by atoms with Gasteiger partial charge in [0.2, 0.25) is 0 Å². The number of aromatic nitrogens is 2. The van der Waals surface area contributed by atoms with Crippen molar-refractivity contribution in [3.05, 3.63) is 46.2 Å². The molecule has 1 aromatic carbocycles. The van der Waals surface area contributed by atoms with Crippen molar-refractivity contribution in [3.63, 3.8) is 0 Å². The van der Waals surface area contributed by atoms with E-state index in [4.69, 9.17) is 5.10 Å². The molecule has 2 aromatic rings. The smallest absolute Gasteiger partial charge is 0.0716 e. The number of aliphatic hydroxyl groups is 1. The highest BCUT2D eigenvalue weighted by molar-refractivity contribution is 9.10. The lowest BCUT2D eigenvalue weighted by Gasteiger charge is -2.14. The van der Waals surface area contributed by atoms with Gasteiger partial charge in [-0.1, -0.05) is 29.8 Å². The number of halogens is 1. The molecule has 0 spiro atoms. The molecule has 1 saturated heterocycles. The number of aliphatic hydroxyl groups excluding tert-OH is 1. The molecule has 24 heavy (non-hydrogen) atoms. The van der Waals surface area contributed by atoms with Crippen molar-refractivity contribution in [1.82, 2.24) is 20.4 Å². The Morgan fingerprint density at radius 2 is 2.08 bits per heavy atom. The van der Waals surface area contributed by atoms with Gasteiger partial charge in [-0.25, -0.2) is 4.68 Å². The van der Waals surface area contributed by atoms with Gasteiger partial charge >= 0.3 is 0 Å². The summed E-state index contributed by atoms with van der Waals surface area (Å²) in [4.78, 5) is 0. The summed E-state index contributed by atoms with van der Waals surface area (Å²) in [6.45, 7) is 7.50. The topological polar surface area (TPSA) is 62.1 Å². The molecular weight excluding hydrogens is 368 g/mol. The van der Waals surface area contributed by atoms with E-state index in [-0.39, 0.29) is 12.0 Å². The van der Waals surface area contributed by atoms with Crippen molar-refractivity contribution in [3.8, 4) is 5.69 Å². The first-order valence-corrected chi connectivity index (χ1v) is 9.27. The number of β-amino-alcohol motifs (C(OH)–C–C–N with tert-alkyl or cyclic N) is 1. The maximum absolute atomic E-state index is 9.88. The number of rotatable bonds is 6. The number of nitrogens with zero attached hydrogens (tertiary/aromatic N) is 2. The lowest BCUT2D eigenvalue weighted by Crippen LogP contribution is -2.30. The van der Waals surface area contributed by atoms with Crippen molar-refractivity contribution in [1.29, 1.82) is 0 Å². The third-order valence-corrected chi connectivity index (χ3v) is 5.02. The van der Waals surface area contributed by atoms with E-state index in [0.29, 0.717) is 12.5 Å². The van der Waals surface area contributed by atoms with Gasteiger partial charge in [-0.3, -0.25) is 0 Å². The van der Waals surface area contributed by atoms with Crippen molar-refractivity contribution in [2.24, 2.45) is 5.92 Å². The van der Waals surface area contributed by atoms with E-state index >= 15 is 0 Å². The lowest BCUT2D eigenvalue weighted by atomic mass is 10.0. The second-order valence-corrected chi connectivity index (χ2v) is 7.65. The van der Waals surface area contributed by atoms with E-state index in [0.717, 1.165) is 35.5 Å². The Morgan fingerprint density at radius 3 is 2.71 bits per heavy atom. The molecule has 130 valence electrons. The summed E-state index contributed by atoms with van der Waals surface area (Å²) in [5.74, 6) is 0.659. The average Bonchev–Trinajstić information content (AvgIpc) is 3.15. The van der Waals surface area contributed by atoms with Gasteiger partial charge in [0, 0.05) is 48.3 Å². The van der Waals surface area contributed by atoms with Gasteiger partial charge in [-0.2, -0.15) is 5.10 Å². The van der Waals surface area contributed by atoms with Crippen LogP contribution in [0.25, 0.3) is 5.69 Å². The molecule has 1 aliphatic rings. The molecule has 0 bridgehead atoms. The highest BCUT2D eigenvalue weighted by Gasteiger charge is 2.24. The first-order valence-electron chi connectivity index (χ1n) is 8.48. The largest absolute Gasteiger partial charge is 0.391 e. The third kappa shape index (κ3) is 4.06. The van der Waals surface area contributed by atoms with E-state index in [9.17, 15) is 5.11 Å². The minimum atomic E-state index is -0.243. The zero-order chi connectivity index (χ0) is 17.1. The van der Waals surface area contributed by atoms with Crippen LogP contribution < -0.4 is 10.6 Å².